The Hall–Kier alpha value is -0.260. The minimum absolute atomic E-state index is 0.931. The van der Waals surface area contributed by atoms with Crippen molar-refractivity contribution in [3.8, 4) is 0 Å². The summed E-state index contributed by atoms with van der Waals surface area (Å²) in [4.78, 5) is 0. The van der Waals surface area contributed by atoms with Gasteiger partial charge in [-0.3, -0.25) is 0 Å². The predicted molar refractivity (Wildman–Crippen MR) is 43.7 cm³/mol. The number of allylic oxidation sites excluding steroid dienone is 2. The summed E-state index contributed by atoms with van der Waals surface area (Å²) in [7, 11) is 0. The minimum atomic E-state index is 0.931. The molecule has 0 heterocycles. The van der Waals surface area contributed by atoms with Gasteiger partial charge < -0.3 is 0 Å². The normalized spacial score (nSPS) is 51.7. The first-order valence-electron chi connectivity index (χ1n) is 4.38. The van der Waals surface area contributed by atoms with E-state index < -0.39 is 0 Å². The van der Waals surface area contributed by atoms with Crippen molar-refractivity contribution >= 4 is 0 Å². The number of fused-ring (bicyclic) bond motifs is 2. The van der Waals surface area contributed by atoms with E-state index in [2.05, 4.69) is 26.8 Å². The fraction of sp³-hybridized carbons (Fsp3) is 0.800. The van der Waals surface area contributed by atoms with E-state index >= 15 is 0 Å². The maximum absolute atomic E-state index is 2.50. The zero-order valence-electron chi connectivity index (χ0n) is 7.09. The second kappa shape index (κ2) is 1.87. The standard InChI is InChI=1S/C10H16/c1-6-4-9-5-10(6)8(3)7(9)2/h4,7-10H,5H2,1-3H3/t7-,8+,9?,10?/m0/s1. The van der Waals surface area contributed by atoms with Crippen molar-refractivity contribution in [2.75, 3.05) is 0 Å². The number of rotatable bonds is 0. The second-order valence-corrected chi connectivity index (χ2v) is 4.13. The van der Waals surface area contributed by atoms with E-state index in [4.69, 9.17) is 0 Å². The molecule has 0 radical (unpaired) electrons. The Morgan fingerprint density at radius 2 is 2.00 bits per heavy atom. The third-order valence-corrected chi connectivity index (χ3v) is 3.73. The summed E-state index contributed by atoms with van der Waals surface area (Å²) < 4.78 is 0. The average molecular weight is 136 g/mol. The van der Waals surface area contributed by atoms with Crippen LogP contribution in [0.15, 0.2) is 11.6 Å². The molecule has 0 saturated heterocycles. The maximum Gasteiger partial charge on any atom is -0.0172 e. The summed E-state index contributed by atoms with van der Waals surface area (Å²) in [5.41, 5.74) is 1.66. The van der Waals surface area contributed by atoms with E-state index in [9.17, 15) is 0 Å². The summed E-state index contributed by atoms with van der Waals surface area (Å²) in [6.07, 6.45) is 3.95. The summed E-state index contributed by atoms with van der Waals surface area (Å²) in [5, 5.41) is 0. The minimum Gasteiger partial charge on any atom is -0.0819 e. The molecule has 0 amide bonds. The number of hydrogen-bond acceptors (Lipinski definition) is 0. The third kappa shape index (κ3) is 0.624. The molecule has 2 unspecified atom stereocenters. The molecule has 0 aromatic carbocycles. The van der Waals surface area contributed by atoms with Crippen LogP contribution in [-0.2, 0) is 0 Å². The van der Waals surface area contributed by atoms with Crippen LogP contribution in [0, 0.1) is 23.7 Å². The van der Waals surface area contributed by atoms with Crippen molar-refractivity contribution in [3.05, 3.63) is 11.6 Å². The smallest absolute Gasteiger partial charge is 0.0172 e. The first kappa shape index (κ1) is 6.45. The lowest BCUT2D eigenvalue weighted by Crippen LogP contribution is -2.15. The van der Waals surface area contributed by atoms with Gasteiger partial charge in [0.15, 0.2) is 0 Å². The predicted octanol–water partition coefficient (Wildman–Crippen LogP) is 2.85. The second-order valence-electron chi connectivity index (χ2n) is 4.13. The highest BCUT2D eigenvalue weighted by atomic mass is 14.5. The molecule has 2 aliphatic rings. The molecule has 0 aromatic rings. The lowest BCUT2D eigenvalue weighted by Gasteiger charge is -2.23. The monoisotopic (exact) mass is 136 g/mol. The van der Waals surface area contributed by atoms with Crippen molar-refractivity contribution in [1.82, 2.24) is 0 Å². The van der Waals surface area contributed by atoms with Crippen molar-refractivity contribution in [3.63, 3.8) is 0 Å². The molecular weight excluding hydrogens is 120 g/mol. The third-order valence-electron chi connectivity index (χ3n) is 3.73. The highest BCUT2D eigenvalue weighted by molar-refractivity contribution is 5.20. The van der Waals surface area contributed by atoms with Gasteiger partial charge >= 0.3 is 0 Å². The van der Waals surface area contributed by atoms with Gasteiger partial charge in [-0.2, -0.15) is 0 Å². The highest BCUT2D eigenvalue weighted by Gasteiger charge is 2.41. The van der Waals surface area contributed by atoms with Crippen LogP contribution in [0.25, 0.3) is 0 Å². The molecule has 2 aliphatic carbocycles. The van der Waals surface area contributed by atoms with Crippen molar-refractivity contribution < 1.29 is 0 Å². The quantitative estimate of drug-likeness (QED) is 0.449. The largest absolute Gasteiger partial charge is 0.0819 e. The van der Waals surface area contributed by atoms with Gasteiger partial charge in [-0.1, -0.05) is 25.5 Å². The van der Waals surface area contributed by atoms with Crippen molar-refractivity contribution in [2.24, 2.45) is 23.7 Å². The maximum atomic E-state index is 2.50. The van der Waals surface area contributed by atoms with E-state index in [1.165, 1.54) is 6.42 Å². The van der Waals surface area contributed by atoms with E-state index in [-0.39, 0.29) is 0 Å². The molecular formula is C10H16. The molecule has 0 nitrogen and oxygen atoms in total. The van der Waals surface area contributed by atoms with Gasteiger partial charge in [0.2, 0.25) is 0 Å². The van der Waals surface area contributed by atoms with E-state index in [0.717, 1.165) is 23.7 Å². The molecule has 56 valence electrons. The molecule has 0 aromatic heterocycles. The lowest BCUT2D eigenvalue weighted by atomic mass is 9.82. The summed E-state index contributed by atoms with van der Waals surface area (Å²) in [6.45, 7) is 7.11. The molecule has 2 bridgehead atoms. The highest BCUT2D eigenvalue weighted by Crippen LogP contribution is 2.50. The van der Waals surface area contributed by atoms with Crippen LogP contribution in [0.3, 0.4) is 0 Å². The van der Waals surface area contributed by atoms with Gasteiger partial charge in [0.05, 0.1) is 0 Å². The molecule has 1 fully saturated rings. The van der Waals surface area contributed by atoms with Crippen LogP contribution in [0.2, 0.25) is 0 Å². The Morgan fingerprint density at radius 1 is 1.30 bits per heavy atom. The van der Waals surface area contributed by atoms with Gasteiger partial charge in [0, 0.05) is 0 Å². The summed E-state index contributed by atoms with van der Waals surface area (Å²) in [6, 6.07) is 0. The fourth-order valence-electron chi connectivity index (χ4n) is 2.76. The number of hydrogen-bond donors (Lipinski definition) is 0. The van der Waals surface area contributed by atoms with Gasteiger partial charge in [-0.15, -0.1) is 0 Å². The fourth-order valence-corrected chi connectivity index (χ4v) is 2.76. The first-order valence-corrected chi connectivity index (χ1v) is 4.38. The molecule has 0 aliphatic heterocycles. The summed E-state index contributed by atoms with van der Waals surface area (Å²) >= 11 is 0. The molecule has 0 N–H and O–H groups in total. The Bertz CT molecular complexity index is 178. The molecule has 10 heavy (non-hydrogen) atoms. The lowest BCUT2D eigenvalue weighted by molar-refractivity contribution is 0.354. The Labute approximate surface area is 63.3 Å². The summed E-state index contributed by atoms with van der Waals surface area (Å²) in [5.74, 6) is 3.78. The van der Waals surface area contributed by atoms with Crippen LogP contribution in [-0.4, -0.2) is 0 Å². The van der Waals surface area contributed by atoms with Crippen LogP contribution in [0.4, 0.5) is 0 Å². The zero-order valence-corrected chi connectivity index (χ0v) is 7.09. The van der Waals surface area contributed by atoms with Crippen molar-refractivity contribution in [1.29, 1.82) is 0 Å². The van der Waals surface area contributed by atoms with Gasteiger partial charge in [-0.05, 0) is 37.0 Å². The van der Waals surface area contributed by atoms with Crippen molar-refractivity contribution in [2.45, 2.75) is 27.2 Å². The Kier molecular flexibility index (Phi) is 1.21. The average Bonchev–Trinajstić information content (AvgIpc) is 2.36. The van der Waals surface area contributed by atoms with Crippen LogP contribution < -0.4 is 0 Å². The van der Waals surface area contributed by atoms with Crippen LogP contribution in [0.5, 0.6) is 0 Å². The molecule has 0 spiro atoms. The van der Waals surface area contributed by atoms with Crippen LogP contribution in [0.1, 0.15) is 27.2 Å². The molecule has 1 saturated carbocycles. The molecule has 0 heteroatoms. The van der Waals surface area contributed by atoms with Gasteiger partial charge in [0.25, 0.3) is 0 Å². The van der Waals surface area contributed by atoms with E-state index in [1.54, 1.807) is 5.57 Å². The zero-order chi connectivity index (χ0) is 7.30. The molecule has 4 atom stereocenters. The SMILES string of the molecule is CC1=CC2CC1[C@H](C)[C@@H]2C. The van der Waals surface area contributed by atoms with E-state index in [0.29, 0.717) is 0 Å². The first-order chi connectivity index (χ1) is 4.70. The van der Waals surface area contributed by atoms with E-state index in [1.807, 2.05) is 0 Å². The Morgan fingerprint density at radius 3 is 2.40 bits per heavy atom. The Balaban J connectivity index is 2.29. The van der Waals surface area contributed by atoms with Gasteiger partial charge in [0.1, 0.15) is 0 Å². The topological polar surface area (TPSA) is 0 Å². The van der Waals surface area contributed by atoms with Crippen LogP contribution >= 0.6 is 0 Å². The van der Waals surface area contributed by atoms with Gasteiger partial charge in [-0.25, -0.2) is 0 Å². The molecule has 2 rings (SSSR count).